The Morgan fingerprint density at radius 1 is 0.620 bits per heavy atom. The molecular formula is C48H40N2. The van der Waals surface area contributed by atoms with Gasteiger partial charge in [-0.15, -0.1) is 0 Å². The molecule has 2 nitrogen and oxygen atoms in total. The summed E-state index contributed by atoms with van der Waals surface area (Å²) in [6.45, 7) is 7.95. The number of nitrogens with zero attached hydrogens (tertiary/aromatic N) is 2. The Balaban J connectivity index is 1.09. The van der Waals surface area contributed by atoms with Gasteiger partial charge in [-0.2, -0.15) is 0 Å². The predicted molar refractivity (Wildman–Crippen MR) is 213 cm³/mol. The van der Waals surface area contributed by atoms with E-state index in [1.54, 1.807) is 0 Å². The summed E-state index contributed by atoms with van der Waals surface area (Å²) in [5.41, 5.74) is 16.6. The average molecular weight is 645 g/mol. The molecule has 0 atom stereocenters. The monoisotopic (exact) mass is 644 g/mol. The van der Waals surface area contributed by atoms with Crippen LogP contribution in [0.25, 0.3) is 38.5 Å². The number of para-hydroxylation sites is 3. The number of hydrogen-bond acceptors (Lipinski definition) is 1. The van der Waals surface area contributed by atoms with Gasteiger partial charge in [-0.3, -0.25) is 0 Å². The first-order chi connectivity index (χ1) is 24.7. The van der Waals surface area contributed by atoms with E-state index in [9.17, 15) is 0 Å². The van der Waals surface area contributed by atoms with Crippen molar-refractivity contribution in [3.8, 4) is 5.69 Å². The van der Waals surface area contributed by atoms with Crippen molar-refractivity contribution < 1.29 is 0 Å². The fraction of sp³-hybridized carbons (Fsp3) is 0.125. The lowest BCUT2D eigenvalue weighted by Gasteiger charge is -2.31. The largest absolute Gasteiger partial charge is 0.341 e. The molecule has 0 bridgehead atoms. The van der Waals surface area contributed by atoms with Gasteiger partial charge in [0, 0.05) is 45.8 Å². The highest BCUT2D eigenvalue weighted by molar-refractivity contribution is 6.07. The predicted octanol–water partition coefficient (Wildman–Crippen LogP) is 12.2. The van der Waals surface area contributed by atoms with Crippen LogP contribution in [0.5, 0.6) is 0 Å². The van der Waals surface area contributed by atoms with Crippen LogP contribution in [0, 0.1) is 6.92 Å². The summed E-state index contributed by atoms with van der Waals surface area (Å²) < 4.78 is 2.51. The van der Waals surface area contributed by atoms with Gasteiger partial charge in [0.2, 0.25) is 0 Å². The molecule has 1 aliphatic carbocycles. The summed E-state index contributed by atoms with van der Waals surface area (Å²) >= 11 is 0. The molecule has 6 aromatic carbocycles. The fourth-order valence-corrected chi connectivity index (χ4v) is 8.31. The van der Waals surface area contributed by atoms with E-state index in [1.165, 1.54) is 83.4 Å². The zero-order chi connectivity index (χ0) is 33.6. The van der Waals surface area contributed by atoms with E-state index in [2.05, 4.69) is 168 Å². The Morgan fingerprint density at radius 2 is 1.34 bits per heavy atom. The van der Waals surface area contributed by atoms with Crippen LogP contribution in [0.3, 0.4) is 0 Å². The van der Waals surface area contributed by atoms with E-state index in [0.29, 0.717) is 0 Å². The Bertz CT molecular complexity index is 2470. The maximum absolute atomic E-state index is 4.78. The van der Waals surface area contributed by atoms with Gasteiger partial charge in [-0.05, 0) is 113 Å². The first-order valence-corrected chi connectivity index (χ1v) is 17.9. The second-order valence-corrected chi connectivity index (χ2v) is 13.6. The van der Waals surface area contributed by atoms with Crippen LogP contribution in [0.2, 0.25) is 0 Å². The Labute approximate surface area is 295 Å². The van der Waals surface area contributed by atoms with Crippen LogP contribution in [0.4, 0.5) is 11.4 Å². The molecule has 0 spiro atoms. The Morgan fingerprint density at radius 3 is 2.20 bits per heavy atom. The zero-order valence-corrected chi connectivity index (χ0v) is 28.6. The van der Waals surface area contributed by atoms with Crippen LogP contribution in [0.1, 0.15) is 46.4 Å². The number of rotatable bonds is 5. The van der Waals surface area contributed by atoms with E-state index < -0.39 is 0 Å². The van der Waals surface area contributed by atoms with E-state index in [0.717, 1.165) is 37.8 Å². The Hall–Kier alpha value is -5.86. The van der Waals surface area contributed by atoms with E-state index >= 15 is 0 Å². The highest BCUT2D eigenvalue weighted by Gasteiger charge is 2.28. The molecule has 242 valence electrons. The zero-order valence-electron chi connectivity index (χ0n) is 28.6. The van der Waals surface area contributed by atoms with Crippen molar-refractivity contribution in [2.75, 3.05) is 11.4 Å². The summed E-state index contributed by atoms with van der Waals surface area (Å²) in [6.07, 6.45) is 8.76. The SMILES string of the molecule is C=C1/C(C2=CCCc3c2c2ccccc2n3-c2ccc(Cc3ccc4ccccc4c3C)cc2)=C\CCN(c2ccccc2)c2ccccc21. The standard InChI is InChI=1S/C48H40N2/c1-33-37(28-27-36-14-6-7-17-40(33)36)32-35-25-29-39(30-26-35)50-46-23-11-9-19-44(46)48-43(20-12-24-47(48)50)41-21-13-31-49(38-15-4-3-5-16-38)45-22-10-8-18-42(45)34(41)2/h3-11,14-23,25-30H,2,12-13,24,31-32H2,1H3/b41-21+. The smallest absolute Gasteiger partial charge is 0.0537 e. The molecule has 2 aliphatic rings. The minimum Gasteiger partial charge on any atom is -0.341 e. The lowest BCUT2D eigenvalue weighted by molar-refractivity contribution is 0.882. The lowest BCUT2D eigenvalue weighted by atomic mass is 9.82. The third kappa shape index (κ3) is 5.11. The summed E-state index contributed by atoms with van der Waals surface area (Å²) in [7, 11) is 0. The van der Waals surface area contributed by atoms with Gasteiger partial charge < -0.3 is 9.47 Å². The van der Waals surface area contributed by atoms with E-state index in [-0.39, 0.29) is 0 Å². The molecule has 0 unspecified atom stereocenters. The third-order valence-corrected chi connectivity index (χ3v) is 10.8. The Kier molecular flexibility index (Phi) is 7.58. The highest BCUT2D eigenvalue weighted by atomic mass is 15.1. The number of aromatic nitrogens is 1. The molecule has 2 heterocycles. The van der Waals surface area contributed by atoms with Crippen molar-refractivity contribution in [3.05, 3.63) is 197 Å². The second kappa shape index (κ2) is 12.5. The van der Waals surface area contributed by atoms with Crippen molar-refractivity contribution in [3.63, 3.8) is 0 Å². The average Bonchev–Trinajstić information content (AvgIpc) is 3.51. The summed E-state index contributed by atoms with van der Waals surface area (Å²) in [5.74, 6) is 0. The highest BCUT2D eigenvalue weighted by Crippen LogP contribution is 2.46. The van der Waals surface area contributed by atoms with Crippen molar-refractivity contribution in [1.29, 1.82) is 0 Å². The van der Waals surface area contributed by atoms with Gasteiger partial charge in [-0.1, -0.05) is 122 Å². The molecule has 0 amide bonds. The van der Waals surface area contributed by atoms with Crippen LogP contribution in [-0.2, 0) is 12.8 Å². The molecule has 0 saturated carbocycles. The van der Waals surface area contributed by atoms with Gasteiger partial charge >= 0.3 is 0 Å². The molecule has 50 heavy (non-hydrogen) atoms. The van der Waals surface area contributed by atoms with Gasteiger partial charge in [0.05, 0.1) is 5.52 Å². The first-order valence-electron chi connectivity index (χ1n) is 17.9. The minimum atomic E-state index is 0.908. The van der Waals surface area contributed by atoms with Crippen molar-refractivity contribution in [2.45, 2.75) is 32.6 Å². The molecule has 7 aromatic rings. The summed E-state index contributed by atoms with van der Waals surface area (Å²) in [5, 5.41) is 3.95. The van der Waals surface area contributed by atoms with E-state index in [4.69, 9.17) is 6.58 Å². The number of benzene rings is 6. The molecule has 1 aliphatic heterocycles. The van der Waals surface area contributed by atoms with Crippen LogP contribution >= 0.6 is 0 Å². The summed E-state index contributed by atoms with van der Waals surface area (Å²) in [4.78, 5) is 2.44. The first kappa shape index (κ1) is 30.2. The molecule has 0 fully saturated rings. The van der Waals surface area contributed by atoms with Gasteiger partial charge in [0.1, 0.15) is 0 Å². The van der Waals surface area contributed by atoms with Gasteiger partial charge in [0.25, 0.3) is 0 Å². The molecule has 0 radical (unpaired) electrons. The maximum atomic E-state index is 4.78. The van der Waals surface area contributed by atoms with Crippen LogP contribution < -0.4 is 4.90 Å². The molecule has 2 heteroatoms. The fourth-order valence-electron chi connectivity index (χ4n) is 8.31. The summed E-state index contributed by atoms with van der Waals surface area (Å²) in [6, 6.07) is 51.0. The second-order valence-electron chi connectivity index (χ2n) is 13.6. The molecule has 0 N–H and O–H groups in total. The molecule has 1 aromatic heterocycles. The normalized spacial score (nSPS) is 15.5. The third-order valence-electron chi connectivity index (χ3n) is 10.8. The minimum absolute atomic E-state index is 0.908. The maximum Gasteiger partial charge on any atom is 0.0537 e. The van der Waals surface area contributed by atoms with Crippen LogP contribution in [0.15, 0.2) is 164 Å². The number of anilines is 2. The van der Waals surface area contributed by atoms with Gasteiger partial charge in [-0.25, -0.2) is 0 Å². The number of aryl methyl sites for hydroxylation is 1. The van der Waals surface area contributed by atoms with Crippen molar-refractivity contribution in [1.82, 2.24) is 4.57 Å². The topological polar surface area (TPSA) is 8.17 Å². The number of hydrogen-bond donors (Lipinski definition) is 0. The molecule has 0 saturated heterocycles. The molecule has 9 rings (SSSR count). The van der Waals surface area contributed by atoms with Crippen molar-refractivity contribution in [2.24, 2.45) is 0 Å². The van der Waals surface area contributed by atoms with Crippen LogP contribution in [-0.4, -0.2) is 11.1 Å². The van der Waals surface area contributed by atoms with Crippen molar-refractivity contribution >= 4 is 44.2 Å². The van der Waals surface area contributed by atoms with E-state index in [1.807, 2.05) is 0 Å². The lowest BCUT2D eigenvalue weighted by Crippen LogP contribution is -2.21. The number of fused-ring (bicyclic) bond motifs is 5. The molecular weight excluding hydrogens is 605 g/mol. The quantitative estimate of drug-likeness (QED) is 0.181. The number of allylic oxidation sites excluding steroid dienone is 4. The van der Waals surface area contributed by atoms with Gasteiger partial charge in [0.15, 0.2) is 0 Å².